The van der Waals surface area contributed by atoms with Crippen molar-refractivity contribution >= 4 is 21.8 Å². The quantitative estimate of drug-likeness (QED) is 0.691. The molecule has 0 heterocycles. The van der Waals surface area contributed by atoms with E-state index in [-0.39, 0.29) is 32.1 Å². The van der Waals surface area contributed by atoms with Gasteiger partial charge in [-0.3, -0.25) is 4.79 Å². The minimum atomic E-state index is -0.608. The van der Waals surface area contributed by atoms with Gasteiger partial charge in [-0.05, 0) is 18.2 Å². The molecule has 0 saturated heterocycles. The van der Waals surface area contributed by atoms with Gasteiger partial charge >= 0.3 is 0 Å². The van der Waals surface area contributed by atoms with Crippen molar-refractivity contribution in [1.82, 2.24) is 5.32 Å². The Bertz CT molecular complexity index is 382. The number of nitrogens with one attached hydrogen (secondary N) is 1. The van der Waals surface area contributed by atoms with Gasteiger partial charge in [0.1, 0.15) is 5.75 Å². The molecular formula is C12H16BrNO4. The maximum Gasteiger partial charge on any atom is 0.223 e. The Kier molecular flexibility index (Phi) is 6.70. The number of rotatable bonds is 7. The average Bonchev–Trinajstić information content (AvgIpc) is 2.36. The van der Waals surface area contributed by atoms with E-state index >= 15 is 0 Å². The first-order valence-electron chi connectivity index (χ1n) is 5.55. The van der Waals surface area contributed by atoms with Crippen LogP contribution in [0, 0.1) is 0 Å². The third-order valence-corrected chi connectivity index (χ3v) is 2.69. The fourth-order valence-electron chi connectivity index (χ4n) is 1.27. The Balaban J connectivity index is 2.27. The van der Waals surface area contributed by atoms with E-state index in [9.17, 15) is 4.79 Å². The second-order valence-electron chi connectivity index (χ2n) is 3.69. The molecule has 0 aliphatic rings. The summed E-state index contributed by atoms with van der Waals surface area (Å²) in [4.78, 5) is 11.4. The molecule has 0 unspecified atom stereocenters. The summed E-state index contributed by atoms with van der Waals surface area (Å²) in [5.74, 6) is 0.413. The van der Waals surface area contributed by atoms with Crippen LogP contribution in [0.4, 0.5) is 0 Å². The molecule has 18 heavy (non-hydrogen) atoms. The number of aliphatic hydroxyl groups is 2. The number of carbonyl (C=O) groups excluding carboxylic acids is 1. The van der Waals surface area contributed by atoms with Crippen LogP contribution in [0.5, 0.6) is 5.75 Å². The molecule has 5 nitrogen and oxygen atoms in total. The fraction of sp³-hybridized carbons (Fsp3) is 0.417. The molecular weight excluding hydrogens is 302 g/mol. The van der Waals surface area contributed by atoms with E-state index in [0.29, 0.717) is 5.75 Å². The van der Waals surface area contributed by atoms with Gasteiger partial charge in [-0.25, -0.2) is 0 Å². The van der Waals surface area contributed by atoms with Crippen LogP contribution in [0.3, 0.4) is 0 Å². The molecule has 0 saturated carbocycles. The molecule has 0 bridgehead atoms. The SMILES string of the molecule is O=C(CCOc1cccc(Br)c1)NC(CO)CO. The first kappa shape index (κ1) is 14.9. The number of aliphatic hydroxyl groups excluding tert-OH is 2. The zero-order chi connectivity index (χ0) is 13.4. The van der Waals surface area contributed by atoms with Crippen LogP contribution in [0.25, 0.3) is 0 Å². The maximum absolute atomic E-state index is 11.4. The van der Waals surface area contributed by atoms with E-state index in [2.05, 4.69) is 21.2 Å². The third-order valence-electron chi connectivity index (χ3n) is 2.20. The Labute approximate surface area is 114 Å². The van der Waals surface area contributed by atoms with Crippen molar-refractivity contribution in [2.45, 2.75) is 12.5 Å². The van der Waals surface area contributed by atoms with Crippen molar-refractivity contribution in [3.63, 3.8) is 0 Å². The zero-order valence-electron chi connectivity index (χ0n) is 9.80. The van der Waals surface area contributed by atoms with E-state index < -0.39 is 6.04 Å². The van der Waals surface area contributed by atoms with Crippen LogP contribution < -0.4 is 10.1 Å². The normalized spacial score (nSPS) is 10.4. The Morgan fingerprint density at radius 3 is 2.72 bits per heavy atom. The summed E-state index contributed by atoms with van der Waals surface area (Å²) in [7, 11) is 0. The summed E-state index contributed by atoms with van der Waals surface area (Å²) in [5, 5.41) is 20.1. The van der Waals surface area contributed by atoms with Crippen LogP contribution in [-0.4, -0.2) is 42.0 Å². The molecule has 3 N–H and O–H groups in total. The Morgan fingerprint density at radius 1 is 1.39 bits per heavy atom. The van der Waals surface area contributed by atoms with Gasteiger partial charge in [0.15, 0.2) is 0 Å². The number of ether oxygens (including phenoxy) is 1. The second kappa shape index (κ2) is 8.07. The lowest BCUT2D eigenvalue weighted by Gasteiger charge is -2.13. The van der Waals surface area contributed by atoms with Crippen molar-refractivity contribution in [2.75, 3.05) is 19.8 Å². The number of amides is 1. The van der Waals surface area contributed by atoms with Gasteiger partial charge in [-0.15, -0.1) is 0 Å². The predicted molar refractivity (Wildman–Crippen MR) is 70.4 cm³/mol. The van der Waals surface area contributed by atoms with E-state index in [4.69, 9.17) is 14.9 Å². The van der Waals surface area contributed by atoms with E-state index in [1.807, 2.05) is 18.2 Å². The minimum Gasteiger partial charge on any atom is -0.493 e. The molecule has 1 aromatic rings. The first-order valence-corrected chi connectivity index (χ1v) is 6.34. The predicted octanol–water partition coefficient (Wildman–Crippen LogP) is 0.687. The van der Waals surface area contributed by atoms with Crippen molar-refractivity contribution in [1.29, 1.82) is 0 Å². The van der Waals surface area contributed by atoms with Crippen LogP contribution in [0.2, 0.25) is 0 Å². The van der Waals surface area contributed by atoms with E-state index in [1.54, 1.807) is 6.07 Å². The molecule has 0 atom stereocenters. The molecule has 100 valence electrons. The molecule has 1 rings (SSSR count). The third kappa shape index (κ3) is 5.48. The number of carbonyl (C=O) groups is 1. The summed E-state index contributed by atoms with van der Waals surface area (Å²) < 4.78 is 6.30. The topological polar surface area (TPSA) is 78.8 Å². The highest BCUT2D eigenvalue weighted by Gasteiger charge is 2.09. The van der Waals surface area contributed by atoms with Gasteiger partial charge < -0.3 is 20.3 Å². The molecule has 0 aromatic heterocycles. The lowest BCUT2D eigenvalue weighted by Crippen LogP contribution is -2.40. The molecule has 1 aromatic carbocycles. The van der Waals surface area contributed by atoms with Gasteiger partial charge in [0, 0.05) is 4.47 Å². The molecule has 6 heteroatoms. The Hall–Kier alpha value is -1.11. The van der Waals surface area contributed by atoms with Crippen molar-refractivity contribution in [2.24, 2.45) is 0 Å². The summed E-state index contributed by atoms with van der Waals surface area (Å²) in [6, 6.07) is 6.72. The zero-order valence-corrected chi connectivity index (χ0v) is 11.4. The van der Waals surface area contributed by atoms with Gasteiger partial charge in [0.25, 0.3) is 0 Å². The molecule has 0 radical (unpaired) electrons. The van der Waals surface area contributed by atoms with Crippen LogP contribution >= 0.6 is 15.9 Å². The van der Waals surface area contributed by atoms with Crippen molar-refractivity contribution in [3.8, 4) is 5.75 Å². The summed E-state index contributed by atoms with van der Waals surface area (Å²) in [5.41, 5.74) is 0. The second-order valence-corrected chi connectivity index (χ2v) is 4.60. The van der Waals surface area contributed by atoms with E-state index in [1.165, 1.54) is 0 Å². The minimum absolute atomic E-state index is 0.170. The molecule has 1 amide bonds. The van der Waals surface area contributed by atoms with Crippen molar-refractivity contribution in [3.05, 3.63) is 28.7 Å². The van der Waals surface area contributed by atoms with Crippen molar-refractivity contribution < 1.29 is 19.7 Å². The smallest absolute Gasteiger partial charge is 0.223 e. The summed E-state index contributed by atoms with van der Waals surface area (Å²) in [6.07, 6.45) is 0.170. The number of hydrogen-bond acceptors (Lipinski definition) is 4. The Morgan fingerprint density at radius 2 is 2.11 bits per heavy atom. The first-order chi connectivity index (χ1) is 8.65. The van der Waals surface area contributed by atoms with Gasteiger partial charge in [0.2, 0.25) is 5.91 Å². The lowest BCUT2D eigenvalue weighted by molar-refractivity contribution is -0.122. The van der Waals surface area contributed by atoms with Gasteiger partial charge in [-0.1, -0.05) is 22.0 Å². The van der Waals surface area contributed by atoms with Gasteiger partial charge in [0.05, 0.1) is 32.3 Å². The van der Waals surface area contributed by atoms with E-state index in [0.717, 1.165) is 4.47 Å². The molecule has 0 spiro atoms. The monoisotopic (exact) mass is 317 g/mol. The van der Waals surface area contributed by atoms with Crippen LogP contribution in [0.15, 0.2) is 28.7 Å². The molecule has 0 aliphatic heterocycles. The van der Waals surface area contributed by atoms with Crippen LogP contribution in [0.1, 0.15) is 6.42 Å². The van der Waals surface area contributed by atoms with Gasteiger partial charge in [-0.2, -0.15) is 0 Å². The summed E-state index contributed by atoms with van der Waals surface area (Å²) in [6.45, 7) is -0.324. The highest BCUT2D eigenvalue weighted by atomic mass is 79.9. The number of hydrogen-bond donors (Lipinski definition) is 3. The number of benzene rings is 1. The summed E-state index contributed by atoms with van der Waals surface area (Å²) >= 11 is 3.32. The van der Waals surface area contributed by atoms with Crippen LogP contribution in [-0.2, 0) is 4.79 Å². The lowest BCUT2D eigenvalue weighted by atomic mass is 10.3. The highest BCUT2D eigenvalue weighted by molar-refractivity contribution is 9.10. The fourth-order valence-corrected chi connectivity index (χ4v) is 1.65. The largest absolute Gasteiger partial charge is 0.493 e. The number of halogens is 1. The molecule has 0 fully saturated rings. The standard InChI is InChI=1S/C12H16BrNO4/c13-9-2-1-3-11(6-9)18-5-4-12(17)14-10(7-15)8-16/h1-3,6,10,15-16H,4-5,7-8H2,(H,14,17). The maximum atomic E-state index is 11.4. The highest BCUT2D eigenvalue weighted by Crippen LogP contribution is 2.17. The average molecular weight is 318 g/mol. The molecule has 0 aliphatic carbocycles.